The summed E-state index contributed by atoms with van der Waals surface area (Å²) in [6.07, 6.45) is 0.425. The smallest absolute Gasteiger partial charge is 0.222 e. The lowest BCUT2D eigenvalue weighted by Crippen LogP contribution is -2.40. The Labute approximate surface area is 209 Å². The van der Waals surface area contributed by atoms with Crippen molar-refractivity contribution in [3.63, 3.8) is 0 Å². The third kappa shape index (κ3) is 7.07. The first-order valence-corrected chi connectivity index (χ1v) is 12.3. The first-order valence-electron chi connectivity index (χ1n) is 12.3. The van der Waals surface area contributed by atoms with Gasteiger partial charge in [0, 0.05) is 31.7 Å². The summed E-state index contributed by atoms with van der Waals surface area (Å²) in [5.74, 6) is 1.93. The first kappa shape index (κ1) is 26.7. The normalized spacial score (nSPS) is 13.3. The quantitative estimate of drug-likeness (QED) is 0.358. The van der Waals surface area contributed by atoms with Crippen LogP contribution in [0.1, 0.15) is 39.7 Å². The Morgan fingerprint density at radius 2 is 1.66 bits per heavy atom. The fourth-order valence-electron chi connectivity index (χ4n) is 3.95. The van der Waals surface area contributed by atoms with Gasteiger partial charge in [0.2, 0.25) is 5.88 Å². The molecule has 1 N–H and O–H groups in total. The first-order chi connectivity index (χ1) is 16.8. The lowest BCUT2D eigenvalue weighted by atomic mass is 10.1. The molecule has 2 atom stereocenters. The van der Waals surface area contributed by atoms with Crippen LogP contribution < -0.4 is 9.47 Å². The van der Waals surface area contributed by atoms with Crippen molar-refractivity contribution in [1.29, 1.82) is 0 Å². The number of hydrogen-bond donors (Lipinski definition) is 1. The van der Waals surface area contributed by atoms with Gasteiger partial charge >= 0.3 is 0 Å². The summed E-state index contributed by atoms with van der Waals surface area (Å²) >= 11 is 0. The lowest BCUT2D eigenvalue weighted by Gasteiger charge is -2.31. The highest BCUT2D eigenvalue weighted by Crippen LogP contribution is 2.37. The van der Waals surface area contributed by atoms with E-state index in [1.807, 2.05) is 63.4 Å². The molecule has 2 aromatic carbocycles. The summed E-state index contributed by atoms with van der Waals surface area (Å²) in [6.45, 7) is 9.63. The number of aromatic nitrogens is 2. The van der Waals surface area contributed by atoms with Crippen LogP contribution in [0.25, 0.3) is 11.3 Å². The van der Waals surface area contributed by atoms with E-state index in [9.17, 15) is 5.11 Å². The maximum Gasteiger partial charge on any atom is 0.222 e. The van der Waals surface area contributed by atoms with Crippen molar-refractivity contribution in [3.05, 3.63) is 60.2 Å². The van der Waals surface area contributed by atoms with E-state index >= 15 is 0 Å². The van der Waals surface area contributed by atoms with Crippen LogP contribution in [-0.2, 0) is 18.3 Å². The average molecular weight is 482 g/mol. The summed E-state index contributed by atoms with van der Waals surface area (Å²) in [5.41, 5.74) is 2.84. The van der Waals surface area contributed by atoms with Crippen molar-refractivity contribution in [2.45, 2.75) is 58.9 Å². The van der Waals surface area contributed by atoms with E-state index in [0.717, 1.165) is 23.2 Å². The van der Waals surface area contributed by atoms with E-state index in [4.69, 9.17) is 19.3 Å². The fourth-order valence-corrected chi connectivity index (χ4v) is 3.95. The van der Waals surface area contributed by atoms with E-state index in [-0.39, 0.29) is 12.1 Å². The number of nitrogens with zero attached hydrogens (tertiary/aromatic N) is 3. The van der Waals surface area contributed by atoms with Gasteiger partial charge in [-0.15, -0.1) is 0 Å². The summed E-state index contributed by atoms with van der Waals surface area (Å²) in [7, 11) is 3.52. The number of benzene rings is 2. The molecule has 0 saturated heterocycles. The highest BCUT2D eigenvalue weighted by atomic mass is 16.5. The van der Waals surface area contributed by atoms with Gasteiger partial charge in [-0.1, -0.05) is 49.4 Å². The second-order valence-electron chi connectivity index (χ2n) is 9.10. The van der Waals surface area contributed by atoms with Crippen molar-refractivity contribution >= 4 is 0 Å². The van der Waals surface area contributed by atoms with Crippen LogP contribution in [0.3, 0.4) is 0 Å². The molecule has 0 fully saturated rings. The second-order valence-corrected chi connectivity index (χ2v) is 9.10. The van der Waals surface area contributed by atoms with E-state index < -0.39 is 6.10 Å². The zero-order valence-electron chi connectivity index (χ0n) is 21.8. The van der Waals surface area contributed by atoms with Gasteiger partial charge in [0.15, 0.2) is 11.5 Å². The standard InChI is InChI=1S/C28H39N3O4/c1-7-21(4)31(17-23(32)19-34-20(2)3)18-24-27(22-13-9-8-10-14-22)29-30(5)28(24)35-26-16-12-11-15-25(26)33-6/h8-16,20-21,23,32H,7,17-19H2,1-6H3. The molecule has 3 rings (SSSR count). The SMILES string of the molecule is CCC(C)N(Cc1c(-c2ccccc2)nn(C)c1Oc1ccccc1OC)CC(O)COC(C)C. The molecule has 0 aliphatic carbocycles. The molecule has 0 saturated carbocycles. The van der Waals surface area contributed by atoms with Gasteiger partial charge in [-0.25, -0.2) is 4.68 Å². The van der Waals surface area contributed by atoms with Crippen LogP contribution in [0.15, 0.2) is 54.6 Å². The van der Waals surface area contributed by atoms with Crippen molar-refractivity contribution in [3.8, 4) is 28.6 Å². The number of aliphatic hydroxyl groups excluding tert-OH is 1. The fraction of sp³-hybridized carbons (Fsp3) is 0.464. The van der Waals surface area contributed by atoms with Gasteiger partial charge in [-0.2, -0.15) is 5.10 Å². The molecule has 0 spiro atoms. The van der Waals surface area contributed by atoms with Crippen molar-refractivity contribution in [1.82, 2.24) is 14.7 Å². The van der Waals surface area contributed by atoms with Crippen LogP contribution in [0.2, 0.25) is 0 Å². The Morgan fingerprint density at radius 3 is 2.29 bits per heavy atom. The highest BCUT2D eigenvalue weighted by Gasteiger charge is 2.26. The van der Waals surface area contributed by atoms with Crippen molar-refractivity contribution < 1.29 is 19.3 Å². The Bertz CT molecular complexity index is 1050. The van der Waals surface area contributed by atoms with Crippen LogP contribution >= 0.6 is 0 Å². The summed E-state index contributed by atoms with van der Waals surface area (Å²) < 4.78 is 19.4. The minimum atomic E-state index is -0.596. The minimum Gasteiger partial charge on any atom is -0.493 e. The van der Waals surface area contributed by atoms with E-state index in [2.05, 4.69) is 30.9 Å². The minimum absolute atomic E-state index is 0.0746. The number of ether oxygens (including phenoxy) is 3. The van der Waals surface area contributed by atoms with Crippen molar-refractivity contribution in [2.75, 3.05) is 20.3 Å². The van der Waals surface area contributed by atoms with Crippen LogP contribution in [-0.4, -0.2) is 58.3 Å². The van der Waals surface area contributed by atoms with Crippen LogP contribution in [0.4, 0.5) is 0 Å². The Morgan fingerprint density at radius 1 is 1.00 bits per heavy atom. The van der Waals surface area contributed by atoms with Crippen molar-refractivity contribution in [2.24, 2.45) is 7.05 Å². The van der Waals surface area contributed by atoms with E-state index in [1.165, 1.54) is 0 Å². The molecule has 0 aliphatic heterocycles. The maximum absolute atomic E-state index is 10.7. The Hall–Kier alpha value is -2.87. The summed E-state index contributed by atoms with van der Waals surface area (Å²) in [6, 6.07) is 18.0. The Balaban J connectivity index is 2.00. The molecule has 35 heavy (non-hydrogen) atoms. The zero-order valence-corrected chi connectivity index (χ0v) is 21.8. The molecule has 0 amide bonds. The number of aryl methyl sites for hydroxylation is 1. The van der Waals surface area contributed by atoms with E-state index in [0.29, 0.717) is 37.1 Å². The molecule has 7 nitrogen and oxygen atoms in total. The molecule has 190 valence electrons. The summed E-state index contributed by atoms with van der Waals surface area (Å²) in [4.78, 5) is 2.27. The third-order valence-corrected chi connectivity index (χ3v) is 6.05. The lowest BCUT2D eigenvalue weighted by molar-refractivity contribution is -0.0149. The Kier molecular flexibility index (Phi) is 9.72. The largest absolute Gasteiger partial charge is 0.493 e. The van der Waals surface area contributed by atoms with Crippen LogP contribution in [0.5, 0.6) is 17.4 Å². The third-order valence-electron chi connectivity index (χ3n) is 6.05. The maximum atomic E-state index is 10.7. The molecule has 0 bridgehead atoms. The number of aliphatic hydroxyl groups is 1. The van der Waals surface area contributed by atoms with Gasteiger partial charge in [0.05, 0.1) is 31.5 Å². The number of rotatable bonds is 13. The molecule has 1 heterocycles. The number of hydrogen-bond acceptors (Lipinski definition) is 6. The predicted molar refractivity (Wildman–Crippen MR) is 139 cm³/mol. The molecule has 2 unspecified atom stereocenters. The van der Waals surface area contributed by atoms with Gasteiger partial charge in [-0.3, -0.25) is 4.90 Å². The van der Waals surface area contributed by atoms with Gasteiger partial charge in [-0.05, 0) is 39.3 Å². The number of para-hydroxylation sites is 2. The van der Waals surface area contributed by atoms with Gasteiger partial charge < -0.3 is 19.3 Å². The molecule has 7 heteroatoms. The van der Waals surface area contributed by atoms with Crippen LogP contribution in [0, 0.1) is 0 Å². The molecule has 1 aromatic heterocycles. The predicted octanol–water partition coefficient (Wildman–Crippen LogP) is 5.27. The molecule has 3 aromatic rings. The summed E-state index contributed by atoms with van der Waals surface area (Å²) in [5, 5.41) is 15.6. The van der Waals surface area contributed by atoms with Gasteiger partial charge in [0.1, 0.15) is 5.69 Å². The molecular formula is C28H39N3O4. The molecule has 0 radical (unpaired) electrons. The topological polar surface area (TPSA) is 69.0 Å². The van der Waals surface area contributed by atoms with E-state index in [1.54, 1.807) is 11.8 Å². The average Bonchev–Trinajstić information content (AvgIpc) is 3.17. The molecular weight excluding hydrogens is 442 g/mol. The zero-order chi connectivity index (χ0) is 25.4. The number of methoxy groups -OCH3 is 1. The molecule has 0 aliphatic rings. The highest BCUT2D eigenvalue weighted by molar-refractivity contribution is 5.66. The second kappa shape index (κ2) is 12.7. The van der Waals surface area contributed by atoms with Gasteiger partial charge in [0.25, 0.3) is 0 Å². The monoisotopic (exact) mass is 481 g/mol.